The molecule has 0 aromatic heterocycles. The lowest BCUT2D eigenvalue weighted by molar-refractivity contribution is -0.141. The Morgan fingerprint density at radius 1 is 1.42 bits per heavy atom. The quantitative estimate of drug-likeness (QED) is 0.640. The molecule has 6 nitrogen and oxygen atoms in total. The standard InChI is InChI=1S/C12H15NO5.ClH/c1-7(14)18-11-4-3-8(5-10(11)15)9(13)6-12(16)17-2;/h3-5,9,15H,6,13H2,1-2H3;1H/t9-;/m0./s1. The van der Waals surface area contributed by atoms with Gasteiger partial charge in [-0.1, -0.05) is 6.07 Å². The van der Waals surface area contributed by atoms with Crippen LogP contribution in [0.25, 0.3) is 0 Å². The number of nitrogens with two attached hydrogens (primary N) is 1. The minimum Gasteiger partial charge on any atom is -0.504 e. The molecule has 0 saturated carbocycles. The van der Waals surface area contributed by atoms with E-state index in [4.69, 9.17) is 10.5 Å². The Kier molecular flexibility index (Phi) is 6.89. The van der Waals surface area contributed by atoms with Gasteiger partial charge in [0.1, 0.15) is 0 Å². The maximum absolute atomic E-state index is 11.1. The number of phenols is 1. The number of aromatic hydroxyl groups is 1. The highest BCUT2D eigenvalue weighted by atomic mass is 35.5. The molecule has 1 aromatic carbocycles. The molecule has 19 heavy (non-hydrogen) atoms. The summed E-state index contributed by atoms with van der Waals surface area (Å²) < 4.78 is 9.26. The number of hydrogen-bond acceptors (Lipinski definition) is 6. The predicted octanol–water partition coefficient (Wildman–Crippen LogP) is 1.30. The molecule has 1 rings (SSSR count). The van der Waals surface area contributed by atoms with Crippen molar-refractivity contribution in [2.45, 2.75) is 19.4 Å². The van der Waals surface area contributed by atoms with Crippen LogP contribution in [0.4, 0.5) is 0 Å². The average Bonchev–Trinajstić information content (AvgIpc) is 2.30. The van der Waals surface area contributed by atoms with E-state index in [-0.39, 0.29) is 30.3 Å². The molecule has 7 heteroatoms. The van der Waals surface area contributed by atoms with Crippen LogP contribution >= 0.6 is 12.4 Å². The normalized spacial score (nSPS) is 11.1. The summed E-state index contributed by atoms with van der Waals surface area (Å²) in [6.07, 6.45) is 0.00283. The van der Waals surface area contributed by atoms with E-state index >= 15 is 0 Å². The lowest BCUT2D eigenvalue weighted by atomic mass is 10.0. The number of hydrogen-bond donors (Lipinski definition) is 2. The topological polar surface area (TPSA) is 98.9 Å². The summed E-state index contributed by atoms with van der Waals surface area (Å²) in [5, 5.41) is 9.63. The van der Waals surface area contributed by atoms with Crippen LogP contribution in [0.3, 0.4) is 0 Å². The highest BCUT2D eigenvalue weighted by Gasteiger charge is 2.14. The third kappa shape index (κ3) is 5.15. The van der Waals surface area contributed by atoms with Gasteiger partial charge in [-0.3, -0.25) is 9.59 Å². The first kappa shape index (κ1) is 17.2. The number of ether oxygens (including phenoxy) is 2. The lowest BCUT2D eigenvalue weighted by Gasteiger charge is -2.12. The number of esters is 2. The summed E-state index contributed by atoms with van der Waals surface area (Å²) >= 11 is 0. The van der Waals surface area contributed by atoms with Crippen molar-refractivity contribution in [2.75, 3.05) is 7.11 Å². The van der Waals surface area contributed by atoms with Crippen molar-refractivity contribution in [3.05, 3.63) is 23.8 Å². The Bertz CT molecular complexity index is 463. The Labute approximate surface area is 116 Å². The van der Waals surface area contributed by atoms with E-state index in [1.54, 1.807) is 6.07 Å². The summed E-state index contributed by atoms with van der Waals surface area (Å²) in [6.45, 7) is 1.23. The molecule has 1 aromatic rings. The summed E-state index contributed by atoms with van der Waals surface area (Å²) in [7, 11) is 1.27. The Morgan fingerprint density at radius 3 is 2.53 bits per heavy atom. The molecule has 0 aliphatic carbocycles. The zero-order valence-corrected chi connectivity index (χ0v) is 11.4. The van der Waals surface area contributed by atoms with Crippen LogP contribution < -0.4 is 10.5 Å². The maximum Gasteiger partial charge on any atom is 0.308 e. The van der Waals surface area contributed by atoms with Crippen molar-refractivity contribution in [3.63, 3.8) is 0 Å². The summed E-state index contributed by atoms with van der Waals surface area (Å²) in [6, 6.07) is 3.76. The van der Waals surface area contributed by atoms with E-state index in [1.165, 1.54) is 26.2 Å². The molecule has 0 radical (unpaired) electrons. The fourth-order valence-corrected chi connectivity index (χ4v) is 1.39. The van der Waals surface area contributed by atoms with Crippen LogP contribution in [-0.2, 0) is 14.3 Å². The number of benzene rings is 1. The first-order valence-corrected chi connectivity index (χ1v) is 5.27. The molecule has 1 atom stereocenters. The number of carbonyl (C=O) groups excluding carboxylic acids is 2. The van der Waals surface area contributed by atoms with E-state index in [0.29, 0.717) is 5.56 Å². The van der Waals surface area contributed by atoms with Gasteiger partial charge >= 0.3 is 11.9 Å². The highest BCUT2D eigenvalue weighted by Crippen LogP contribution is 2.29. The minimum absolute atomic E-state index is 0. The van der Waals surface area contributed by atoms with Crippen LogP contribution in [-0.4, -0.2) is 24.2 Å². The molecule has 0 saturated heterocycles. The molecule has 0 fully saturated rings. The number of halogens is 1. The SMILES string of the molecule is COC(=O)C[C@H](N)c1ccc(OC(C)=O)c(O)c1.Cl. The third-order valence-corrected chi connectivity index (χ3v) is 2.28. The van der Waals surface area contributed by atoms with Crippen LogP contribution in [0, 0.1) is 0 Å². The Hall–Kier alpha value is -1.79. The molecule has 0 aliphatic rings. The predicted molar refractivity (Wildman–Crippen MR) is 70.2 cm³/mol. The number of rotatable bonds is 4. The van der Waals surface area contributed by atoms with Crippen molar-refractivity contribution in [3.8, 4) is 11.5 Å². The zero-order chi connectivity index (χ0) is 13.7. The number of phenolic OH excluding ortho intramolecular Hbond substituents is 1. The van der Waals surface area contributed by atoms with Crippen molar-refractivity contribution >= 4 is 24.3 Å². The van der Waals surface area contributed by atoms with Gasteiger partial charge in [-0.2, -0.15) is 0 Å². The number of methoxy groups -OCH3 is 1. The molecule has 3 N–H and O–H groups in total. The molecule has 0 amide bonds. The molecule has 0 aliphatic heterocycles. The second-order valence-electron chi connectivity index (χ2n) is 3.71. The van der Waals surface area contributed by atoms with Gasteiger partial charge < -0.3 is 20.3 Å². The van der Waals surface area contributed by atoms with Gasteiger partial charge in [0.2, 0.25) is 0 Å². The molecular weight excluding hydrogens is 274 g/mol. The Balaban J connectivity index is 0.00000324. The van der Waals surface area contributed by atoms with Gasteiger partial charge in [-0.25, -0.2) is 0 Å². The third-order valence-electron chi connectivity index (χ3n) is 2.28. The van der Waals surface area contributed by atoms with Gasteiger partial charge in [0, 0.05) is 13.0 Å². The first-order chi connectivity index (χ1) is 8.43. The minimum atomic E-state index is -0.588. The highest BCUT2D eigenvalue weighted by molar-refractivity contribution is 5.85. The van der Waals surface area contributed by atoms with E-state index in [1.807, 2.05) is 0 Å². The van der Waals surface area contributed by atoms with Crippen molar-refractivity contribution in [1.82, 2.24) is 0 Å². The zero-order valence-electron chi connectivity index (χ0n) is 10.6. The van der Waals surface area contributed by atoms with Crippen LogP contribution in [0.15, 0.2) is 18.2 Å². The van der Waals surface area contributed by atoms with Gasteiger partial charge in [-0.15, -0.1) is 12.4 Å². The number of carbonyl (C=O) groups is 2. The molecule has 0 unspecified atom stereocenters. The molecule has 0 spiro atoms. The lowest BCUT2D eigenvalue weighted by Crippen LogP contribution is -2.16. The summed E-state index contributed by atoms with van der Waals surface area (Å²) in [5.74, 6) is -1.12. The molecule has 0 heterocycles. The van der Waals surface area contributed by atoms with Crippen molar-refractivity contribution in [2.24, 2.45) is 5.73 Å². The second kappa shape index (κ2) is 7.60. The van der Waals surface area contributed by atoms with Crippen LogP contribution in [0.2, 0.25) is 0 Å². The maximum atomic E-state index is 11.1. The van der Waals surface area contributed by atoms with Gasteiger partial charge in [0.15, 0.2) is 11.5 Å². The summed E-state index contributed by atoms with van der Waals surface area (Å²) in [5.41, 5.74) is 6.32. The first-order valence-electron chi connectivity index (χ1n) is 5.27. The average molecular weight is 290 g/mol. The fraction of sp³-hybridized carbons (Fsp3) is 0.333. The molecular formula is C12H16ClNO5. The summed E-state index contributed by atoms with van der Waals surface area (Å²) in [4.78, 5) is 21.8. The fourth-order valence-electron chi connectivity index (χ4n) is 1.39. The van der Waals surface area contributed by atoms with Crippen molar-refractivity contribution < 1.29 is 24.2 Å². The Morgan fingerprint density at radius 2 is 2.05 bits per heavy atom. The van der Waals surface area contributed by atoms with Crippen LogP contribution in [0.1, 0.15) is 24.9 Å². The largest absolute Gasteiger partial charge is 0.504 e. The van der Waals surface area contributed by atoms with E-state index < -0.39 is 18.0 Å². The van der Waals surface area contributed by atoms with E-state index in [9.17, 15) is 14.7 Å². The smallest absolute Gasteiger partial charge is 0.308 e. The van der Waals surface area contributed by atoms with Gasteiger partial charge in [0.25, 0.3) is 0 Å². The van der Waals surface area contributed by atoms with Gasteiger partial charge in [0.05, 0.1) is 13.5 Å². The van der Waals surface area contributed by atoms with Crippen LogP contribution in [0.5, 0.6) is 11.5 Å². The second-order valence-corrected chi connectivity index (χ2v) is 3.71. The molecule has 0 bridgehead atoms. The monoisotopic (exact) mass is 289 g/mol. The van der Waals surface area contributed by atoms with Crippen molar-refractivity contribution in [1.29, 1.82) is 0 Å². The molecule has 106 valence electrons. The van der Waals surface area contributed by atoms with E-state index in [2.05, 4.69) is 4.74 Å². The van der Waals surface area contributed by atoms with Gasteiger partial charge in [-0.05, 0) is 17.7 Å². The van der Waals surface area contributed by atoms with E-state index in [0.717, 1.165) is 0 Å².